The molecule has 14 nitrogen and oxygen atoms in total. The van der Waals surface area contributed by atoms with Crippen LogP contribution < -0.4 is 5.32 Å². The van der Waals surface area contributed by atoms with Gasteiger partial charge in [0.1, 0.15) is 48.8 Å². The molecular formula is C63H115NO13. The third-order valence-corrected chi connectivity index (χ3v) is 15.3. The second-order valence-electron chi connectivity index (χ2n) is 22.2. The highest BCUT2D eigenvalue weighted by molar-refractivity contribution is 5.76. The SMILES string of the molecule is CCCCCCC/C=C\C/C=C\C/C=C\CCCCCCCCCCCCCCCCCCCCCCC(=O)NC(COC1OC(CO)C(OC2OC(CO)C(O)C(O)C2O)C(O)C1O)C(O)/C=C/CCCCCCCC. The number of nitrogens with one attached hydrogen (secondary N) is 1. The van der Waals surface area contributed by atoms with E-state index in [1.54, 1.807) is 6.08 Å². The van der Waals surface area contributed by atoms with Gasteiger partial charge in [0, 0.05) is 6.42 Å². The molecule has 0 radical (unpaired) electrons. The van der Waals surface area contributed by atoms with Crippen LogP contribution in [0.25, 0.3) is 0 Å². The van der Waals surface area contributed by atoms with Gasteiger partial charge in [-0.2, -0.15) is 0 Å². The van der Waals surface area contributed by atoms with Crippen molar-refractivity contribution in [3.8, 4) is 0 Å². The molecule has 2 saturated heterocycles. The van der Waals surface area contributed by atoms with Crippen LogP contribution in [-0.4, -0.2) is 140 Å². The minimum Gasteiger partial charge on any atom is -0.394 e. The van der Waals surface area contributed by atoms with Crippen LogP contribution in [-0.2, 0) is 23.7 Å². The van der Waals surface area contributed by atoms with Crippen molar-refractivity contribution in [1.29, 1.82) is 0 Å². The van der Waals surface area contributed by atoms with Crippen molar-refractivity contribution in [2.24, 2.45) is 0 Å². The molecule has 77 heavy (non-hydrogen) atoms. The van der Waals surface area contributed by atoms with E-state index in [4.69, 9.17) is 18.9 Å². The Hall–Kier alpha value is -2.05. The average Bonchev–Trinajstić information content (AvgIpc) is 3.44. The van der Waals surface area contributed by atoms with Crippen LogP contribution in [0.3, 0.4) is 0 Å². The normalized spacial score (nSPS) is 25.0. The van der Waals surface area contributed by atoms with Crippen LogP contribution in [0.4, 0.5) is 0 Å². The molecule has 12 atom stereocenters. The molecule has 2 aliphatic heterocycles. The molecule has 2 heterocycles. The fraction of sp³-hybridized carbons (Fsp3) is 0.857. The van der Waals surface area contributed by atoms with E-state index in [2.05, 4.69) is 55.6 Å². The smallest absolute Gasteiger partial charge is 0.220 e. The highest BCUT2D eigenvalue weighted by atomic mass is 16.7. The van der Waals surface area contributed by atoms with E-state index in [9.17, 15) is 45.6 Å². The van der Waals surface area contributed by atoms with Crippen molar-refractivity contribution in [2.45, 2.75) is 325 Å². The van der Waals surface area contributed by atoms with Gasteiger partial charge >= 0.3 is 0 Å². The number of allylic oxidation sites excluding steroid dienone is 7. The van der Waals surface area contributed by atoms with Crippen molar-refractivity contribution in [2.75, 3.05) is 19.8 Å². The predicted molar refractivity (Wildman–Crippen MR) is 309 cm³/mol. The van der Waals surface area contributed by atoms with E-state index in [0.29, 0.717) is 6.42 Å². The summed E-state index contributed by atoms with van der Waals surface area (Å²) >= 11 is 0. The lowest BCUT2D eigenvalue weighted by Gasteiger charge is -2.46. The lowest BCUT2D eigenvalue weighted by atomic mass is 9.97. The number of carbonyl (C=O) groups excluding carboxylic acids is 1. The Labute approximate surface area is 467 Å². The van der Waals surface area contributed by atoms with E-state index in [1.807, 2.05) is 6.08 Å². The molecule has 0 aromatic heterocycles. The molecular weight excluding hydrogens is 979 g/mol. The number of rotatable bonds is 50. The Morgan fingerprint density at radius 1 is 0.468 bits per heavy atom. The van der Waals surface area contributed by atoms with Crippen LogP contribution in [0.5, 0.6) is 0 Å². The van der Waals surface area contributed by atoms with Gasteiger partial charge in [0.15, 0.2) is 12.6 Å². The summed E-state index contributed by atoms with van der Waals surface area (Å²) in [7, 11) is 0. The zero-order chi connectivity index (χ0) is 56.0. The molecule has 9 N–H and O–H groups in total. The van der Waals surface area contributed by atoms with Gasteiger partial charge in [0.25, 0.3) is 0 Å². The summed E-state index contributed by atoms with van der Waals surface area (Å²) in [5.41, 5.74) is 0. The largest absolute Gasteiger partial charge is 0.394 e. The Balaban J connectivity index is 1.55. The van der Waals surface area contributed by atoms with E-state index in [0.717, 1.165) is 57.8 Å². The van der Waals surface area contributed by atoms with E-state index >= 15 is 0 Å². The van der Waals surface area contributed by atoms with E-state index < -0.39 is 86.8 Å². The van der Waals surface area contributed by atoms with Crippen LogP contribution in [0, 0.1) is 0 Å². The topological polar surface area (TPSA) is 228 Å². The number of ether oxygens (including phenoxy) is 4. The van der Waals surface area contributed by atoms with Crippen LogP contribution >= 0.6 is 0 Å². The highest BCUT2D eigenvalue weighted by Crippen LogP contribution is 2.30. The fourth-order valence-corrected chi connectivity index (χ4v) is 10.2. The summed E-state index contributed by atoms with van der Waals surface area (Å²) in [6.45, 7) is 2.74. The lowest BCUT2D eigenvalue weighted by Crippen LogP contribution is -2.65. The van der Waals surface area contributed by atoms with E-state index in [-0.39, 0.29) is 18.9 Å². The maximum atomic E-state index is 13.2. The molecule has 0 spiro atoms. The standard InChI is InChI=1S/C63H115NO13/c1-3-5-7-9-11-13-14-15-16-17-18-19-20-21-22-23-24-25-26-27-28-29-30-31-32-33-34-35-36-37-38-39-41-43-45-47-55(68)64-51(52(67)46-44-42-40-12-10-8-6-4-2)50-74-62-60(73)58(71)61(54(49-66)76-62)77-63-59(72)57(70)56(69)53(48-65)75-63/h14-15,17-18,20-21,44,46,51-54,56-63,65-67,69-73H,3-13,16,19,22-43,45,47-50H2,1-2H3,(H,64,68)/b15-14-,18-17-,21-20-,46-44+. The van der Waals surface area contributed by atoms with Crippen molar-refractivity contribution in [1.82, 2.24) is 5.32 Å². The molecule has 450 valence electrons. The van der Waals surface area contributed by atoms with Gasteiger partial charge in [0.05, 0.1) is 32.0 Å². The summed E-state index contributed by atoms with van der Waals surface area (Å²) in [4.78, 5) is 13.2. The fourth-order valence-electron chi connectivity index (χ4n) is 10.2. The summed E-state index contributed by atoms with van der Waals surface area (Å²) < 4.78 is 22.7. The van der Waals surface area contributed by atoms with Crippen LogP contribution in [0.15, 0.2) is 48.6 Å². The second-order valence-corrected chi connectivity index (χ2v) is 22.2. The Bertz CT molecular complexity index is 1480. The average molecular weight is 1090 g/mol. The minimum atomic E-state index is -1.79. The number of hydrogen-bond donors (Lipinski definition) is 9. The Morgan fingerprint density at radius 3 is 1.31 bits per heavy atom. The zero-order valence-corrected chi connectivity index (χ0v) is 48.5. The molecule has 0 saturated carbocycles. The summed E-state index contributed by atoms with van der Waals surface area (Å²) in [6.07, 6.45) is 45.0. The molecule has 2 rings (SSSR count). The molecule has 12 unspecified atom stereocenters. The van der Waals surface area contributed by atoms with Gasteiger partial charge in [-0.1, -0.05) is 236 Å². The molecule has 0 aliphatic carbocycles. The first-order valence-corrected chi connectivity index (χ1v) is 31.4. The Morgan fingerprint density at radius 2 is 0.857 bits per heavy atom. The number of carbonyl (C=O) groups is 1. The molecule has 0 bridgehead atoms. The first-order chi connectivity index (χ1) is 37.6. The number of aliphatic hydroxyl groups excluding tert-OH is 8. The van der Waals surface area contributed by atoms with Gasteiger partial charge in [0.2, 0.25) is 5.91 Å². The Kier molecular flexibility index (Phi) is 44.9. The quantitative estimate of drug-likeness (QED) is 0.0204. The van der Waals surface area contributed by atoms with Gasteiger partial charge in [-0.3, -0.25) is 4.79 Å². The maximum absolute atomic E-state index is 13.2. The summed E-state index contributed by atoms with van der Waals surface area (Å²) in [5.74, 6) is -0.241. The third-order valence-electron chi connectivity index (χ3n) is 15.3. The van der Waals surface area contributed by atoms with Crippen molar-refractivity contribution in [3.63, 3.8) is 0 Å². The van der Waals surface area contributed by atoms with Crippen LogP contribution in [0.1, 0.15) is 251 Å². The van der Waals surface area contributed by atoms with Gasteiger partial charge < -0.3 is 65.1 Å². The number of amides is 1. The molecule has 2 aliphatic rings. The molecule has 0 aromatic carbocycles. The molecule has 14 heteroatoms. The first kappa shape index (κ1) is 71.1. The predicted octanol–water partition coefficient (Wildman–Crippen LogP) is 11.2. The van der Waals surface area contributed by atoms with Gasteiger partial charge in [-0.05, 0) is 57.8 Å². The third kappa shape index (κ3) is 34.1. The number of hydrogen-bond acceptors (Lipinski definition) is 13. The lowest BCUT2D eigenvalue weighted by molar-refractivity contribution is -0.359. The van der Waals surface area contributed by atoms with Crippen molar-refractivity contribution >= 4 is 5.91 Å². The summed E-state index contributed by atoms with van der Waals surface area (Å²) in [6, 6.07) is -0.911. The monoisotopic (exact) mass is 1090 g/mol. The van der Waals surface area contributed by atoms with Gasteiger partial charge in [-0.25, -0.2) is 0 Å². The summed E-state index contributed by atoms with van der Waals surface area (Å²) in [5, 5.41) is 86.7. The first-order valence-electron chi connectivity index (χ1n) is 31.4. The number of aliphatic hydroxyl groups is 8. The number of unbranched alkanes of at least 4 members (excludes halogenated alkanes) is 31. The molecule has 0 aromatic rings. The van der Waals surface area contributed by atoms with Gasteiger partial charge in [-0.15, -0.1) is 0 Å². The van der Waals surface area contributed by atoms with Crippen molar-refractivity contribution in [3.05, 3.63) is 48.6 Å². The second kappa shape index (κ2) is 48.6. The van der Waals surface area contributed by atoms with Crippen molar-refractivity contribution < 1.29 is 64.6 Å². The maximum Gasteiger partial charge on any atom is 0.220 e. The minimum absolute atomic E-state index is 0.241. The van der Waals surface area contributed by atoms with E-state index in [1.165, 1.54) is 167 Å². The molecule has 1 amide bonds. The van der Waals surface area contributed by atoms with Crippen LogP contribution in [0.2, 0.25) is 0 Å². The highest BCUT2D eigenvalue weighted by Gasteiger charge is 2.51. The molecule has 2 fully saturated rings. The zero-order valence-electron chi connectivity index (χ0n) is 48.5.